The predicted molar refractivity (Wildman–Crippen MR) is 121 cm³/mol. The first-order valence-electron chi connectivity index (χ1n) is 11.0. The van der Waals surface area contributed by atoms with Gasteiger partial charge in [-0.25, -0.2) is 9.59 Å². The van der Waals surface area contributed by atoms with Gasteiger partial charge in [-0.3, -0.25) is 9.80 Å². The minimum Gasteiger partial charge on any atom is -0.478 e. The summed E-state index contributed by atoms with van der Waals surface area (Å²) in [7, 11) is 0. The summed E-state index contributed by atoms with van der Waals surface area (Å²) in [6, 6.07) is 10.8. The molecule has 7 nitrogen and oxygen atoms in total. The Kier molecular flexibility index (Phi) is 7.18. The molecule has 0 saturated carbocycles. The van der Waals surface area contributed by atoms with Gasteiger partial charge in [0.15, 0.2) is 0 Å². The molecule has 2 aliphatic rings. The Bertz CT molecular complexity index is 963. The molecule has 0 amide bonds. The summed E-state index contributed by atoms with van der Waals surface area (Å²) < 4.78 is 2.61. The van der Waals surface area contributed by atoms with E-state index in [1.807, 2.05) is 0 Å². The van der Waals surface area contributed by atoms with Gasteiger partial charge in [0, 0.05) is 60.5 Å². The molecule has 1 fully saturated rings. The van der Waals surface area contributed by atoms with Crippen LogP contribution in [0.15, 0.2) is 36.4 Å². The number of carbonyl (C=O) groups is 2. The highest BCUT2D eigenvalue weighted by molar-refractivity contribution is 5.89. The molecule has 1 saturated heterocycles. The zero-order valence-electron chi connectivity index (χ0n) is 18.8. The Hall–Kier alpha value is -2.64. The van der Waals surface area contributed by atoms with Gasteiger partial charge in [0.25, 0.3) is 0 Å². The van der Waals surface area contributed by atoms with Gasteiger partial charge >= 0.3 is 11.9 Å². The van der Waals surface area contributed by atoms with Crippen LogP contribution in [0, 0.1) is 6.92 Å². The molecule has 0 radical (unpaired) electrons. The number of carboxylic acid groups (broad SMARTS) is 2. The number of nitrogens with zero attached hydrogens (tertiary/aromatic N) is 3. The Balaban J connectivity index is 0.000000293. The molecular formula is C24H33N3O4. The summed E-state index contributed by atoms with van der Waals surface area (Å²) in [5.41, 5.74) is 4.50. The predicted octanol–water partition coefficient (Wildman–Crippen LogP) is 3.52. The molecule has 4 rings (SSSR count). The lowest BCUT2D eigenvalue weighted by Gasteiger charge is -2.51. The van der Waals surface area contributed by atoms with Crippen LogP contribution in [0.5, 0.6) is 0 Å². The van der Waals surface area contributed by atoms with E-state index >= 15 is 0 Å². The Morgan fingerprint density at radius 2 is 1.74 bits per heavy atom. The number of fused-ring (bicyclic) bond motifs is 5. The molecule has 3 heterocycles. The Morgan fingerprint density at radius 1 is 1.10 bits per heavy atom. The zero-order valence-corrected chi connectivity index (χ0v) is 18.8. The van der Waals surface area contributed by atoms with Gasteiger partial charge < -0.3 is 14.8 Å². The molecule has 2 N–H and O–H groups in total. The highest BCUT2D eigenvalue weighted by atomic mass is 16.4. The summed E-state index contributed by atoms with van der Waals surface area (Å²) in [6.07, 6.45) is 2.38. The van der Waals surface area contributed by atoms with Crippen molar-refractivity contribution in [3.63, 3.8) is 0 Å². The standard InChI is InChI=1S/C20H29N3.C4H4O4/c1-5-21-12-13-22(14(2)3)18-10-11-23-17-9-7-6-8-16(17)15(4)19(23)20(18)21;5-3(6)1-2-4(7)8/h6-9,14,18,20H,5,10-13H2,1-4H3;1-2H,(H,5,6)(H,7,8)/b;2-1-. The summed E-state index contributed by atoms with van der Waals surface area (Å²) in [5, 5.41) is 17.1. The molecule has 2 unspecified atom stereocenters. The highest BCUT2D eigenvalue weighted by Gasteiger charge is 2.42. The van der Waals surface area contributed by atoms with Gasteiger partial charge in [-0.15, -0.1) is 0 Å². The van der Waals surface area contributed by atoms with E-state index < -0.39 is 11.9 Å². The van der Waals surface area contributed by atoms with Crippen LogP contribution in [0.4, 0.5) is 0 Å². The minimum absolute atomic E-state index is 0.553. The van der Waals surface area contributed by atoms with E-state index in [0.29, 0.717) is 30.3 Å². The zero-order chi connectivity index (χ0) is 22.7. The second-order valence-electron chi connectivity index (χ2n) is 8.45. The second kappa shape index (κ2) is 9.66. The van der Waals surface area contributed by atoms with Crippen LogP contribution >= 0.6 is 0 Å². The van der Waals surface area contributed by atoms with E-state index in [2.05, 4.69) is 66.3 Å². The lowest BCUT2D eigenvalue weighted by Crippen LogP contribution is -2.58. The van der Waals surface area contributed by atoms with Crippen LogP contribution in [0.3, 0.4) is 0 Å². The number of benzene rings is 1. The summed E-state index contributed by atoms with van der Waals surface area (Å²) in [6.45, 7) is 14.1. The lowest BCUT2D eigenvalue weighted by atomic mass is 9.89. The monoisotopic (exact) mass is 427 g/mol. The maximum atomic E-state index is 9.55. The maximum Gasteiger partial charge on any atom is 0.328 e. The van der Waals surface area contributed by atoms with Crippen LogP contribution in [0.2, 0.25) is 0 Å². The molecule has 1 aromatic heterocycles. The van der Waals surface area contributed by atoms with Crippen molar-refractivity contribution in [3.8, 4) is 0 Å². The van der Waals surface area contributed by atoms with Crippen molar-refractivity contribution in [2.45, 2.75) is 58.8 Å². The number of aromatic nitrogens is 1. The molecule has 1 aromatic carbocycles. The number of rotatable bonds is 4. The number of aliphatic carboxylic acids is 2. The van der Waals surface area contributed by atoms with Gasteiger partial charge in [0.1, 0.15) is 0 Å². The number of hydrogen-bond acceptors (Lipinski definition) is 4. The number of likely N-dealkylation sites (N-methyl/N-ethyl adjacent to an activating group) is 1. The van der Waals surface area contributed by atoms with Crippen molar-refractivity contribution in [1.82, 2.24) is 14.4 Å². The van der Waals surface area contributed by atoms with Crippen LogP contribution in [-0.2, 0) is 16.1 Å². The van der Waals surface area contributed by atoms with Crippen molar-refractivity contribution in [2.75, 3.05) is 19.6 Å². The number of carboxylic acids is 2. The maximum absolute atomic E-state index is 9.55. The largest absolute Gasteiger partial charge is 0.478 e. The smallest absolute Gasteiger partial charge is 0.328 e. The van der Waals surface area contributed by atoms with Crippen molar-refractivity contribution in [2.24, 2.45) is 0 Å². The van der Waals surface area contributed by atoms with Crippen LogP contribution in [0.1, 0.15) is 44.5 Å². The van der Waals surface area contributed by atoms with E-state index in [1.54, 1.807) is 5.69 Å². The molecule has 2 aromatic rings. The van der Waals surface area contributed by atoms with Crippen LogP contribution in [-0.4, -0.2) is 68.2 Å². The van der Waals surface area contributed by atoms with E-state index in [1.165, 1.54) is 36.0 Å². The normalized spacial score (nSPS) is 21.6. The molecule has 2 aliphatic heterocycles. The van der Waals surface area contributed by atoms with Gasteiger partial charge in [0.2, 0.25) is 0 Å². The third-order valence-electron chi connectivity index (χ3n) is 6.47. The quantitative estimate of drug-likeness (QED) is 0.726. The number of piperazine rings is 1. The first-order chi connectivity index (χ1) is 14.8. The Morgan fingerprint density at radius 3 is 2.32 bits per heavy atom. The topological polar surface area (TPSA) is 86.0 Å². The van der Waals surface area contributed by atoms with Crippen LogP contribution in [0.25, 0.3) is 10.9 Å². The summed E-state index contributed by atoms with van der Waals surface area (Å²) in [5.74, 6) is -2.51. The Labute approximate surface area is 183 Å². The number of para-hydroxylation sites is 1. The molecule has 7 heteroatoms. The highest BCUT2D eigenvalue weighted by Crippen LogP contribution is 2.42. The van der Waals surface area contributed by atoms with Gasteiger partial charge in [-0.1, -0.05) is 25.1 Å². The second-order valence-corrected chi connectivity index (χ2v) is 8.45. The fourth-order valence-corrected chi connectivity index (χ4v) is 5.17. The third kappa shape index (κ3) is 4.67. The first-order valence-corrected chi connectivity index (χ1v) is 11.0. The summed E-state index contributed by atoms with van der Waals surface area (Å²) >= 11 is 0. The van der Waals surface area contributed by atoms with E-state index in [-0.39, 0.29) is 0 Å². The minimum atomic E-state index is -1.26. The van der Waals surface area contributed by atoms with Crippen LogP contribution < -0.4 is 0 Å². The van der Waals surface area contributed by atoms with E-state index in [9.17, 15) is 9.59 Å². The lowest BCUT2D eigenvalue weighted by molar-refractivity contribution is -0.134. The third-order valence-corrected chi connectivity index (χ3v) is 6.47. The summed E-state index contributed by atoms with van der Waals surface area (Å²) in [4.78, 5) is 24.6. The number of hydrogen-bond donors (Lipinski definition) is 2. The average Bonchev–Trinajstić information content (AvgIpc) is 3.04. The molecular weight excluding hydrogens is 394 g/mol. The van der Waals surface area contributed by atoms with Crippen molar-refractivity contribution < 1.29 is 19.8 Å². The molecule has 168 valence electrons. The van der Waals surface area contributed by atoms with Gasteiger partial charge in [-0.2, -0.15) is 0 Å². The number of aryl methyl sites for hydroxylation is 2. The van der Waals surface area contributed by atoms with E-state index in [4.69, 9.17) is 10.2 Å². The fraction of sp³-hybridized carbons (Fsp3) is 0.500. The molecule has 31 heavy (non-hydrogen) atoms. The van der Waals surface area contributed by atoms with Gasteiger partial charge in [-0.05, 0) is 45.4 Å². The van der Waals surface area contributed by atoms with Crippen molar-refractivity contribution >= 4 is 22.8 Å². The van der Waals surface area contributed by atoms with Gasteiger partial charge in [0.05, 0.1) is 6.04 Å². The molecule has 2 atom stereocenters. The fourth-order valence-electron chi connectivity index (χ4n) is 5.17. The average molecular weight is 428 g/mol. The molecule has 0 bridgehead atoms. The van der Waals surface area contributed by atoms with E-state index in [0.717, 1.165) is 13.1 Å². The SMILES string of the molecule is CCN1CCN(C(C)C)C2CCn3c(c(C)c4ccccc43)C21.O=C(O)/C=C\C(=O)O. The molecule has 0 spiro atoms. The van der Waals surface area contributed by atoms with Crippen molar-refractivity contribution in [3.05, 3.63) is 47.7 Å². The van der Waals surface area contributed by atoms with Crippen molar-refractivity contribution in [1.29, 1.82) is 0 Å². The molecule has 0 aliphatic carbocycles. The first kappa shape index (κ1) is 23.0.